The average Bonchev–Trinajstić information content (AvgIpc) is 2.85. The van der Waals surface area contributed by atoms with Crippen molar-refractivity contribution in [2.45, 2.75) is 77.5 Å². The summed E-state index contributed by atoms with van der Waals surface area (Å²) >= 11 is 0. The second kappa shape index (κ2) is 5.05. The maximum Gasteiger partial charge on any atom is 0.0254 e. The van der Waals surface area contributed by atoms with Gasteiger partial charge in [-0.1, -0.05) is 0 Å². The number of hydrogen-bond donors (Lipinski definition) is 0. The number of nitrogens with zero attached hydrogens (tertiary/aromatic N) is 2. The van der Waals surface area contributed by atoms with Crippen LogP contribution in [0.25, 0.3) is 0 Å². The van der Waals surface area contributed by atoms with Crippen LogP contribution in [0.15, 0.2) is 0 Å². The maximum absolute atomic E-state index is 2.74. The minimum absolute atomic E-state index is 0.724. The molecule has 0 spiro atoms. The molecule has 2 fully saturated rings. The lowest BCUT2D eigenvalue weighted by molar-refractivity contribution is 0.0936. The Bertz CT molecular complexity index is 201. The van der Waals surface area contributed by atoms with Crippen LogP contribution < -0.4 is 0 Å². The van der Waals surface area contributed by atoms with Crippen LogP contribution >= 0.6 is 0 Å². The molecule has 94 valence electrons. The van der Waals surface area contributed by atoms with E-state index in [1.54, 1.807) is 0 Å². The molecule has 2 nitrogen and oxygen atoms in total. The highest BCUT2D eigenvalue weighted by Gasteiger charge is 2.39. The predicted molar refractivity (Wildman–Crippen MR) is 69.7 cm³/mol. The first-order valence-electron chi connectivity index (χ1n) is 7.12. The average molecular weight is 224 g/mol. The van der Waals surface area contributed by atoms with E-state index in [-0.39, 0.29) is 0 Å². The van der Waals surface area contributed by atoms with Gasteiger partial charge in [0.15, 0.2) is 0 Å². The van der Waals surface area contributed by atoms with Gasteiger partial charge in [-0.15, -0.1) is 0 Å². The van der Waals surface area contributed by atoms with Gasteiger partial charge in [0.05, 0.1) is 0 Å². The molecule has 0 amide bonds. The first-order chi connectivity index (χ1) is 7.61. The van der Waals surface area contributed by atoms with E-state index in [4.69, 9.17) is 0 Å². The highest BCUT2D eigenvalue weighted by molar-refractivity contribution is 4.95. The molecule has 2 aliphatic rings. The van der Waals surface area contributed by atoms with Crippen LogP contribution in [0.1, 0.15) is 53.4 Å². The van der Waals surface area contributed by atoms with Crippen molar-refractivity contribution < 1.29 is 0 Å². The zero-order chi connectivity index (χ0) is 11.7. The maximum atomic E-state index is 2.74. The second-order valence-electron chi connectivity index (χ2n) is 6.08. The molecular weight excluding hydrogens is 196 g/mol. The van der Waals surface area contributed by atoms with Crippen LogP contribution in [-0.2, 0) is 0 Å². The van der Waals surface area contributed by atoms with Crippen molar-refractivity contribution in [1.29, 1.82) is 0 Å². The zero-order valence-electron chi connectivity index (χ0n) is 11.4. The highest BCUT2D eigenvalue weighted by atomic mass is 15.3. The van der Waals surface area contributed by atoms with Crippen LogP contribution in [0.5, 0.6) is 0 Å². The van der Waals surface area contributed by atoms with Gasteiger partial charge in [-0.05, 0) is 66.5 Å². The first kappa shape index (κ1) is 12.4. The van der Waals surface area contributed by atoms with E-state index in [0.717, 1.165) is 24.2 Å². The van der Waals surface area contributed by atoms with E-state index in [1.807, 2.05) is 0 Å². The summed E-state index contributed by atoms with van der Waals surface area (Å²) in [6, 6.07) is 3.12. The third-order valence-electron chi connectivity index (χ3n) is 4.46. The summed E-state index contributed by atoms with van der Waals surface area (Å²) in [5, 5.41) is 0. The molecule has 0 aliphatic carbocycles. The Morgan fingerprint density at radius 1 is 0.750 bits per heavy atom. The Kier molecular flexibility index (Phi) is 3.91. The van der Waals surface area contributed by atoms with Gasteiger partial charge in [0, 0.05) is 24.2 Å². The molecule has 2 atom stereocenters. The van der Waals surface area contributed by atoms with Crippen molar-refractivity contribution in [2.24, 2.45) is 0 Å². The second-order valence-corrected chi connectivity index (χ2v) is 6.08. The predicted octanol–water partition coefficient (Wildman–Crippen LogP) is 2.73. The molecule has 2 heterocycles. The molecule has 2 saturated heterocycles. The van der Waals surface area contributed by atoms with Gasteiger partial charge in [-0.2, -0.15) is 0 Å². The molecule has 0 aromatic carbocycles. The van der Waals surface area contributed by atoms with E-state index in [9.17, 15) is 0 Å². The van der Waals surface area contributed by atoms with Gasteiger partial charge in [0.25, 0.3) is 0 Å². The third kappa shape index (κ3) is 2.28. The zero-order valence-corrected chi connectivity index (χ0v) is 11.4. The number of hydrogen-bond acceptors (Lipinski definition) is 2. The van der Waals surface area contributed by atoms with Crippen molar-refractivity contribution in [3.05, 3.63) is 0 Å². The molecule has 2 aliphatic heterocycles. The first-order valence-corrected chi connectivity index (χ1v) is 7.12. The van der Waals surface area contributed by atoms with Gasteiger partial charge in [-0.25, -0.2) is 0 Å². The molecule has 0 N–H and O–H groups in total. The summed E-state index contributed by atoms with van der Waals surface area (Å²) in [4.78, 5) is 5.48. The van der Waals surface area contributed by atoms with Crippen molar-refractivity contribution in [1.82, 2.24) is 9.80 Å². The summed E-state index contributed by atoms with van der Waals surface area (Å²) in [7, 11) is 0. The number of rotatable bonds is 3. The Morgan fingerprint density at radius 3 is 1.44 bits per heavy atom. The Morgan fingerprint density at radius 2 is 1.12 bits per heavy atom. The normalized spacial score (nSPS) is 33.4. The van der Waals surface area contributed by atoms with Gasteiger partial charge in [-0.3, -0.25) is 9.80 Å². The summed E-state index contributed by atoms with van der Waals surface area (Å²) in [6.45, 7) is 12.1. The van der Waals surface area contributed by atoms with Gasteiger partial charge >= 0.3 is 0 Å². The van der Waals surface area contributed by atoms with E-state index < -0.39 is 0 Å². The number of likely N-dealkylation sites (tertiary alicyclic amines) is 2. The summed E-state index contributed by atoms with van der Waals surface area (Å²) in [5.74, 6) is 0. The minimum Gasteiger partial charge on any atom is -0.296 e. The molecule has 16 heavy (non-hydrogen) atoms. The van der Waals surface area contributed by atoms with Gasteiger partial charge < -0.3 is 0 Å². The monoisotopic (exact) mass is 224 g/mol. The van der Waals surface area contributed by atoms with Crippen LogP contribution in [0.3, 0.4) is 0 Å². The Balaban J connectivity index is 2.05. The van der Waals surface area contributed by atoms with Gasteiger partial charge in [0.2, 0.25) is 0 Å². The molecule has 0 radical (unpaired) electrons. The summed E-state index contributed by atoms with van der Waals surface area (Å²) in [6.07, 6.45) is 5.66. The smallest absolute Gasteiger partial charge is 0.0254 e. The summed E-state index contributed by atoms with van der Waals surface area (Å²) in [5.41, 5.74) is 0. The highest BCUT2D eigenvalue weighted by Crippen LogP contribution is 2.32. The van der Waals surface area contributed by atoms with Crippen LogP contribution in [0.4, 0.5) is 0 Å². The Labute approximate surface area is 101 Å². The lowest BCUT2D eigenvalue weighted by atomic mass is 10.0. The molecule has 2 rings (SSSR count). The van der Waals surface area contributed by atoms with E-state index in [2.05, 4.69) is 37.5 Å². The van der Waals surface area contributed by atoms with Gasteiger partial charge in [0.1, 0.15) is 0 Å². The van der Waals surface area contributed by atoms with E-state index >= 15 is 0 Å². The van der Waals surface area contributed by atoms with Crippen molar-refractivity contribution in [2.75, 3.05) is 13.1 Å². The molecule has 0 bridgehead atoms. The molecule has 0 saturated carbocycles. The topological polar surface area (TPSA) is 6.48 Å². The molecule has 2 heteroatoms. The standard InChI is InChI=1S/C14H28N2/c1-11(2)15-9-5-7-13(15)14-8-6-10-16(14)12(3)4/h11-14H,5-10H2,1-4H3/t13-,14-/m0/s1. The van der Waals surface area contributed by atoms with E-state index in [1.165, 1.54) is 38.8 Å². The molecular formula is C14H28N2. The quantitative estimate of drug-likeness (QED) is 0.727. The Hall–Kier alpha value is -0.0800. The molecule has 0 unspecified atom stereocenters. The minimum atomic E-state index is 0.724. The summed E-state index contributed by atoms with van der Waals surface area (Å²) < 4.78 is 0. The van der Waals surface area contributed by atoms with Crippen LogP contribution in [-0.4, -0.2) is 47.1 Å². The van der Waals surface area contributed by atoms with Crippen LogP contribution in [0, 0.1) is 0 Å². The van der Waals surface area contributed by atoms with Crippen molar-refractivity contribution in [3.63, 3.8) is 0 Å². The lowest BCUT2D eigenvalue weighted by Crippen LogP contribution is -2.50. The molecule has 0 aromatic heterocycles. The fourth-order valence-electron chi connectivity index (χ4n) is 3.74. The lowest BCUT2D eigenvalue weighted by Gasteiger charge is -2.38. The fourth-order valence-corrected chi connectivity index (χ4v) is 3.74. The SMILES string of the molecule is CC(C)N1CCC[C@H]1[C@@H]1CCCN1C(C)C. The largest absolute Gasteiger partial charge is 0.296 e. The van der Waals surface area contributed by atoms with Crippen molar-refractivity contribution in [3.8, 4) is 0 Å². The molecule has 0 aromatic rings. The van der Waals surface area contributed by atoms with E-state index in [0.29, 0.717) is 0 Å². The third-order valence-corrected chi connectivity index (χ3v) is 4.46. The van der Waals surface area contributed by atoms with Crippen LogP contribution in [0.2, 0.25) is 0 Å². The fraction of sp³-hybridized carbons (Fsp3) is 1.00. The van der Waals surface area contributed by atoms with Crippen molar-refractivity contribution >= 4 is 0 Å².